The lowest BCUT2D eigenvalue weighted by Crippen LogP contribution is -2.56. The van der Waals surface area contributed by atoms with Crippen molar-refractivity contribution in [3.05, 3.63) is 45.9 Å². The largest absolute Gasteiger partial charge is 0.469 e. The number of benzene rings is 1. The van der Waals surface area contributed by atoms with Gasteiger partial charge in [0, 0.05) is 46.8 Å². The number of hydrogen-bond donors (Lipinski definition) is 2. The molecule has 1 fully saturated rings. The summed E-state index contributed by atoms with van der Waals surface area (Å²) >= 11 is 0. The number of anilines is 1. The van der Waals surface area contributed by atoms with Crippen LogP contribution in [0.2, 0.25) is 0 Å². The Hall–Kier alpha value is -4.50. The summed E-state index contributed by atoms with van der Waals surface area (Å²) < 4.78 is 12.0. The maximum atomic E-state index is 13.7. The van der Waals surface area contributed by atoms with Crippen LogP contribution >= 0.6 is 0 Å². The molecule has 47 heavy (non-hydrogen) atoms. The van der Waals surface area contributed by atoms with E-state index in [1.54, 1.807) is 14.1 Å². The number of nitrogens with one attached hydrogen (secondary N) is 1. The highest BCUT2D eigenvalue weighted by Crippen LogP contribution is 2.25. The van der Waals surface area contributed by atoms with Crippen molar-refractivity contribution in [2.75, 3.05) is 72.8 Å². The molecule has 1 saturated heterocycles. The van der Waals surface area contributed by atoms with Gasteiger partial charge in [-0.2, -0.15) is 9.97 Å². The minimum atomic E-state index is -0.624. The van der Waals surface area contributed by atoms with E-state index in [-0.39, 0.29) is 66.8 Å². The Bertz CT molecular complexity index is 1590. The first-order valence-corrected chi connectivity index (χ1v) is 16.0. The molecule has 0 bridgehead atoms. The highest BCUT2D eigenvalue weighted by molar-refractivity contribution is 5.82. The monoisotopic (exact) mass is 653 g/mol. The van der Waals surface area contributed by atoms with E-state index >= 15 is 0 Å². The number of piperazine rings is 1. The second kappa shape index (κ2) is 16.4. The van der Waals surface area contributed by atoms with E-state index in [4.69, 9.17) is 15.2 Å². The number of H-pyrrole nitrogens is 1. The van der Waals surface area contributed by atoms with Gasteiger partial charge in [-0.1, -0.05) is 44.5 Å². The molecule has 0 radical (unpaired) electrons. The van der Waals surface area contributed by atoms with Crippen molar-refractivity contribution >= 4 is 34.8 Å². The molecule has 3 aromatic rings. The Morgan fingerprint density at radius 3 is 2.40 bits per heavy atom. The van der Waals surface area contributed by atoms with Gasteiger partial charge in [0.25, 0.3) is 0 Å². The quantitative estimate of drug-likeness (QED) is 0.179. The highest BCUT2D eigenvalue weighted by Gasteiger charge is 2.34. The van der Waals surface area contributed by atoms with Crippen molar-refractivity contribution in [1.82, 2.24) is 39.1 Å². The number of methoxy groups -OCH3 is 1. The van der Waals surface area contributed by atoms with Gasteiger partial charge in [-0.3, -0.25) is 28.8 Å². The van der Waals surface area contributed by atoms with Gasteiger partial charge >= 0.3 is 17.7 Å². The van der Waals surface area contributed by atoms with Gasteiger partial charge in [0.05, 0.1) is 33.2 Å². The number of aromatic amines is 1. The highest BCUT2D eigenvalue weighted by atomic mass is 16.5. The van der Waals surface area contributed by atoms with Crippen molar-refractivity contribution in [1.29, 1.82) is 0 Å². The number of hydrogen-bond acceptors (Lipinski definition) is 11. The van der Waals surface area contributed by atoms with E-state index in [1.165, 1.54) is 16.6 Å². The lowest BCUT2D eigenvalue weighted by molar-refractivity contribution is -0.139. The molecule has 4 rings (SSSR count). The Morgan fingerprint density at radius 2 is 1.74 bits per heavy atom. The van der Waals surface area contributed by atoms with E-state index in [2.05, 4.69) is 15.0 Å². The van der Waals surface area contributed by atoms with Crippen LogP contribution in [-0.2, 0) is 32.1 Å². The fourth-order valence-corrected chi connectivity index (χ4v) is 5.47. The third-order valence-electron chi connectivity index (χ3n) is 8.16. The average molecular weight is 654 g/mol. The zero-order chi connectivity index (χ0) is 34.1. The lowest BCUT2D eigenvalue weighted by Gasteiger charge is -2.41. The first-order valence-electron chi connectivity index (χ1n) is 16.0. The van der Waals surface area contributed by atoms with Crippen LogP contribution in [0.1, 0.15) is 50.4 Å². The van der Waals surface area contributed by atoms with Crippen molar-refractivity contribution < 1.29 is 23.9 Å². The molecule has 2 aromatic heterocycles. The van der Waals surface area contributed by atoms with Crippen LogP contribution in [-0.4, -0.2) is 124 Å². The van der Waals surface area contributed by atoms with Gasteiger partial charge in [-0.15, -0.1) is 0 Å². The van der Waals surface area contributed by atoms with Gasteiger partial charge in [0.15, 0.2) is 11.5 Å². The van der Waals surface area contributed by atoms with Crippen LogP contribution < -0.4 is 16.2 Å². The van der Waals surface area contributed by atoms with E-state index < -0.39 is 11.9 Å². The van der Waals surface area contributed by atoms with Gasteiger partial charge < -0.3 is 30.0 Å². The summed E-state index contributed by atoms with van der Waals surface area (Å²) in [5.41, 5.74) is 8.11. The summed E-state index contributed by atoms with van der Waals surface area (Å²) in [5, 5.41) is 0. The molecule has 1 aliphatic rings. The Balaban J connectivity index is 1.57. The summed E-state index contributed by atoms with van der Waals surface area (Å²) in [4.78, 5) is 70.4. The summed E-state index contributed by atoms with van der Waals surface area (Å²) in [7, 11) is 4.74. The summed E-state index contributed by atoms with van der Waals surface area (Å²) in [6.07, 6.45) is 2.08. The average Bonchev–Trinajstić information content (AvgIpc) is 3.38. The number of nitrogen functional groups attached to an aromatic ring is 1. The fourth-order valence-electron chi connectivity index (χ4n) is 5.47. The van der Waals surface area contributed by atoms with Gasteiger partial charge in [0.2, 0.25) is 11.8 Å². The van der Waals surface area contributed by atoms with Crippen LogP contribution in [0.15, 0.2) is 29.1 Å². The van der Waals surface area contributed by atoms with Crippen LogP contribution in [0, 0.1) is 0 Å². The fraction of sp³-hybridized carbons (Fsp3) is 0.562. The van der Waals surface area contributed by atoms with E-state index in [1.807, 2.05) is 52.8 Å². The lowest BCUT2D eigenvalue weighted by atomic mass is 10.1. The standard InChI is InChI=1S/C32H47N9O6/c1-6-8-16-47-31-35-29(33)28-30(36-31)41(32(45)34-28)24-19-38(14-15-39(24)21-25(42)37(3)4)20-26(43)40(13-7-2)18-23-11-9-22(10-12-23)17-27(44)46-5/h9-12,24H,6-8,13-21H2,1-5H3,(H,34,45)(H2,33,35,36). The molecule has 0 spiro atoms. The van der Waals surface area contributed by atoms with Gasteiger partial charge in [-0.05, 0) is 24.0 Å². The minimum absolute atomic E-state index is 0.0495. The molecular weight excluding hydrogens is 606 g/mol. The molecule has 2 amide bonds. The molecule has 256 valence electrons. The second-order valence-electron chi connectivity index (χ2n) is 12.0. The Kier molecular flexibility index (Phi) is 12.3. The van der Waals surface area contributed by atoms with E-state index in [0.717, 1.165) is 30.4 Å². The zero-order valence-corrected chi connectivity index (χ0v) is 28.0. The second-order valence-corrected chi connectivity index (χ2v) is 12.0. The third-order valence-corrected chi connectivity index (χ3v) is 8.16. The molecular formula is C32H47N9O6. The molecule has 3 N–H and O–H groups in total. The number of ether oxygens (including phenoxy) is 2. The van der Waals surface area contributed by atoms with Crippen LogP contribution in [0.3, 0.4) is 0 Å². The smallest absolute Gasteiger partial charge is 0.329 e. The first kappa shape index (κ1) is 35.4. The topological polar surface area (TPSA) is 172 Å². The predicted molar refractivity (Wildman–Crippen MR) is 177 cm³/mol. The van der Waals surface area contributed by atoms with E-state index in [9.17, 15) is 19.2 Å². The summed E-state index contributed by atoms with van der Waals surface area (Å²) in [6.45, 7) is 6.92. The number of nitrogens with zero attached hydrogens (tertiary/aromatic N) is 7. The minimum Gasteiger partial charge on any atom is -0.469 e. The van der Waals surface area contributed by atoms with Crippen LogP contribution in [0.4, 0.5) is 5.82 Å². The number of unbranched alkanes of at least 4 members (excludes halogenated alkanes) is 1. The molecule has 1 atom stereocenters. The molecule has 0 aliphatic carbocycles. The Morgan fingerprint density at radius 1 is 1.02 bits per heavy atom. The number of likely N-dealkylation sites (N-methyl/N-ethyl adjacent to an activating group) is 1. The maximum absolute atomic E-state index is 13.7. The van der Waals surface area contributed by atoms with Crippen molar-refractivity contribution in [2.24, 2.45) is 0 Å². The number of fused-ring (bicyclic) bond motifs is 1. The number of imidazole rings is 1. The van der Waals surface area contributed by atoms with Gasteiger partial charge in [0.1, 0.15) is 11.7 Å². The number of aromatic nitrogens is 4. The van der Waals surface area contributed by atoms with Crippen LogP contribution in [0.5, 0.6) is 6.01 Å². The number of nitrogens with two attached hydrogens (primary N) is 1. The molecule has 0 saturated carbocycles. The van der Waals surface area contributed by atoms with Crippen molar-refractivity contribution in [3.8, 4) is 6.01 Å². The Labute approximate surface area is 274 Å². The number of amides is 2. The van der Waals surface area contributed by atoms with Crippen molar-refractivity contribution in [3.63, 3.8) is 0 Å². The maximum Gasteiger partial charge on any atom is 0.329 e. The normalized spacial score (nSPS) is 15.5. The van der Waals surface area contributed by atoms with Crippen LogP contribution in [0.25, 0.3) is 11.2 Å². The first-order chi connectivity index (χ1) is 22.5. The number of rotatable bonds is 15. The number of carbonyl (C=O) groups is 3. The molecule has 15 nitrogen and oxygen atoms in total. The third kappa shape index (κ3) is 9.07. The molecule has 15 heteroatoms. The molecule has 1 unspecified atom stereocenters. The molecule has 1 aromatic carbocycles. The van der Waals surface area contributed by atoms with Crippen molar-refractivity contribution in [2.45, 2.75) is 52.2 Å². The van der Waals surface area contributed by atoms with E-state index in [0.29, 0.717) is 32.8 Å². The van der Waals surface area contributed by atoms with Gasteiger partial charge in [-0.25, -0.2) is 4.79 Å². The number of carbonyl (C=O) groups excluding carboxylic acids is 3. The molecule has 1 aliphatic heterocycles. The SMILES string of the molecule is CCCCOc1nc(N)c2[nH]c(=O)n(C3CN(CC(=O)N(CCC)Cc4ccc(CC(=O)OC)cc4)CCN3CC(=O)N(C)C)c2n1. The summed E-state index contributed by atoms with van der Waals surface area (Å²) in [6, 6.07) is 7.65. The molecule has 3 heterocycles. The summed E-state index contributed by atoms with van der Waals surface area (Å²) in [5.74, 6) is -0.385. The number of esters is 1. The zero-order valence-electron chi connectivity index (χ0n) is 28.0. The predicted octanol–water partition coefficient (Wildman–Crippen LogP) is 1.24.